The van der Waals surface area contributed by atoms with Crippen molar-refractivity contribution in [2.24, 2.45) is 0 Å². The highest BCUT2D eigenvalue weighted by Gasteiger charge is 2.11. The van der Waals surface area contributed by atoms with Crippen LogP contribution in [0.1, 0.15) is 0 Å². The van der Waals surface area contributed by atoms with Crippen LogP contribution in [0.15, 0.2) is 53.1 Å². The predicted octanol–water partition coefficient (Wildman–Crippen LogP) is 2.67. The van der Waals surface area contributed by atoms with Gasteiger partial charge in [0.2, 0.25) is 0 Å². The fraction of sp³-hybridized carbons (Fsp3) is 0. The van der Waals surface area contributed by atoms with Gasteiger partial charge in [-0.2, -0.15) is 14.9 Å². The Kier molecular flexibility index (Phi) is 3.00. The molecule has 0 fully saturated rings. The molecule has 2 N–H and O–H groups in total. The van der Waals surface area contributed by atoms with Gasteiger partial charge < -0.3 is 5.73 Å². The van der Waals surface area contributed by atoms with Gasteiger partial charge in [-0.1, -0.05) is 34.1 Å². The number of nitrogens with two attached hydrogens (primary N) is 1. The van der Waals surface area contributed by atoms with E-state index in [1.807, 2.05) is 30.3 Å². The first kappa shape index (κ1) is 11.9. The van der Waals surface area contributed by atoms with Gasteiger partial charge in [0.15, 0.2) is 5.82 Å². The van der Waals surface area contributed by atoms with E-state index in [0.29, 0.717) is 11.6 Å². The van der Waals surface area contributed by atoms with Crippen LogP contribution < -0.4 is 5.73 Å². The molecule has 0 radical (unpaired) electrons. The first-order chi connectivity index (χ1) is 9.25. The van der Waals surface area contributed by atoms with Gasteiger partial charge in [-0.3, -0.25) is 0 Å². The third-order valence-corrected chi connectivity index (χ3v) is 3.35. The molecule has 0 saturated carbocycles. The molecule has 6 heteroatoms. The Labute approximate surface area is 118 Å². The molecular formula is C13H10BrN5. The summed E-state index contributed by atoms with van der Waals surface area (Å²) >= 11 is 3.51. The summed E-state index contributed by atoms with van der Waals surface area (Å²) in [7, 11) is 0. The van der Waals surface area contributed by atoms with Crippen LogP contribution in [-0.2, 0) is 0 Å². The third-order valence-electron chi connectivity index (χ3n) is 2.66. The zero-order valence-corrected chi connectivity index (χ0v) is 11.4. The van der Waals surface area contributed by atoms with Crippen molar-refractivity contribution >= 4 is 21.7 Å². The summed E-state index contributed by atoms with van der Waals surface area (Å²) in [5.41, 5.74) is 7.75. The maximum Gasteiger partial charge on any atom is 0.177 e. The number of hydrogen-bond acceptors (Lipinski definition) is 4. The number of halogens is 1. The van der Waals surface area contributed by atoms with Crippen molar-refractivity contribution in [1.82, 2.24) is 20.0 Å². The first-order valence-corrected chi connectivity index (χ1v) is 6.43. The second-order valence-corrected chi connectivity index (χ2v) is 4.78. The predicted molar refractivity (Wildman–Crippen MR) is 76.7 cm³/mol. The van der Waals surface area contributed by atoms with Gasteiger partial charge >= 0.3 is 0 Å². The van der Waals surface area contributed by atoms with Gasteiger partial charge in [0, 0.05) is 22.3 Å². The Balaban J connectivity index is 2.10. The summed E-state index contributed by atoms with van der Waals surface area (Å²) in [6.45, 7) is 0. The van der Waals surface area contributed by atoms with E-state index < -0.39 is 0 Å². The molecule has 2 aromatic heterocycles. The van der Waals surface area contributed by atoms with Crippen molar-refractivity contribution in [2.45, 2.75) is 0 Å². The molecule has 3 rings (SSSR count). The highest BCUT2D eigenvalue weighted by molar-refractivity contribution is 9.10. The molecule has 3 aromatic rings. The lowest BCUT2D eigenvalue weighted by Gasteiger charge is -2.01. The molecule has 0 amide bonds. The van der Waals surface area contributed by atoms with Crippen LogP contribution in [0.4, 0.5) is 5.82 Å². The molecule has 0 aliphatic carbocycles. The second-order valence-electron chi connectivity index (χ2n) is 3.93. The lowest BCUT2D eigenvalue weighted by atomic mass is 10.1. The van der Waals surface area contributed by atoms with E-state index in [4.69, 9.17) is 5.73 Å². The zero-order chi connectivity index (χ0) is 13.2. The Morgan fingerprint density at radius 2 is 1.95 bits per heavy atom. The van der Waals surface area contributed by atoms with Crippen LogP contribution in [0.3, 0.4) is 0 Å². The number of nitrogen functional groups attached to an aromatic ring is 1. The van der Waals surface area contributed by atoms with Gasteiger partial charge in [-0.25, -0.2) is 0 Å². The normalized spacial score (nSPS) is 10.6. The third kappa shape index (κ3) is 2.22. The van der Waals surface area contributed by atoms with Gasteiger partial charge in [0.1, 0.15) is 5.82 Å². The van der Waals surface area contributed by atoms with Crippen molar-refractivity contribution in [3.05, 3.63) is 53.1 Å². The maximum atomic E-state index is 5.98. The molecular weight excluding hydrogens is 306 g/mol. The van der Waals surface area contributed by atoms with Crippen molar-refractivity contribution < 1.29 is 0 Å². The van der Waals surface area contributed by atoms with Crippen LogP contribution in [0, 0.1) is 0 Å². The van der Waals surface area contributed by atoms with Crippen molar-refractivity contribution in [3.63, 3.8) is 0 Å². The number of anilines is 1. The van der Waals surface area contributed by atoms with E-state index in [0.717, 1.165) is 15.7 Å². The molecule has 0 bridgehead atoms. The topological polar surface area (TPSA) is 69.6 Å². The first-order valence-electron chi connectivity index (χ1n) is 5.64. The molecule has 94 valence electrons. The molecule has 0 aliphatic rings. The summed E-state index contributed by atoms with van der Waals surface area (Å²) in [5, 5.41) is 12.3. The van der Waals surface area contributed by atoms with Crippen LogP contribution >= 0.6 is 15.9 Å². The van der Waals surface area contributed by atoms with E-state index >= 15 is 0 Å². The lowest BCUT2D eigenvalue weighted by molar-refractivity contribution is 0.825. The molecule has 2 heterocycles. The highest BCUT2D eigenvalue weighted by Crippen LogP contribution is 2.28. The minimum Gasteiger partial charge on any atom is -0.384 e. The largest absolute Gasteiger partial charge is 0.384 e. The Morgan fingerprint density at radius 1 is 1.11 bits per heavy atom. The molecule has 0 saturated heterocycles. The number of benzene rings is 1. The van der Waals surface area contributed by atoms with E-state index in [-0.39, 0.29) is 0 Å². The Morgan fingerprint density at radius 3 is 2.68 bits per heavy atom. The molecule has 1 aromatic carbocycles. The fourth-order valence-electron chi connectivity index (χ4n) is 1.79. The molecule has 0 atom stereocenters. The quantitative estimate of drug-likeness (QED) is 0.789. The standard InChI is InChI=1S/C13H10BrN5/c14-10-5-2-1-4-9(10)11-8-12(15)19(18-11)13-6-3-7-16-17-13/h1-8H,15H2. The highest BCUT2D eigenvalue weighted by atomic mass is 79.9. The minimum absolute atomic E-state index is 0.520. The van der Waals surface area contributed by atoms with Crippen molar-refractivity contribution in [1.29, 1.82) is 0 Å². The van der Waals surface area contributed by atoms with Crippen LogP contribution in [0.25, 0.3) is 17.1 Å². The summed E-state index contributed by atoms with van der Waals surface area (Å²) in [4.78, 5) is 0. The lowest BCUT2D eigenvalue weighted by Crippen LogP contribution is -2.04. The monoisotopic (exact) mass is 315 g/mol. The van der Waals surface area contributed by atoms with E-state index in [1.165, 1.54) is 0 Å². The zero-order valence-electron chi connectivity index (χ0n) is 9.86. The Hall–Kier alpha value is -2.21. The van der Waals surface area contributed by atoms with Crippen molar-refractivity contribution in [3.8, 4) is 17.1 Å². The van der Waals surface area contributed by atoms with Gasteiger partial charge in [0.25, 0.3) is 0 Å². The van der Waals surface area contributed by atoms with E-state index in [1.54, 1.807) is 23.0 Å². The molecule has 0 aliphatic heterocycles. The number of nitrogens with zero attached hydrogens (tertiary/aromatic N) is 4. The van der Waals surface area contributed by atoms with E-state index in [9.17, 15) is 0 Å². The molecule has 0 spiro atoms. The summed E-state index contributed by atoms with van der Waals surface area (Å²) < 4.78 is 2.54. The van der Waals surface area contributed by atoms with E-state index in [2.05, 4.69) is 31.2 Å². The van der Waals surface area contributed by atoms with Crippen molar-refractivity contribution in [2.75, 3.05) is 5.73 Å². The summed E-state index contributed by atoms with van der Waals surface area (Å²) in [6.07, 6.45) is 1.61. The maximum absolute atomic E-state index is 5.98. The van der Waals surface area contributed by atoms with Crippen LogP contribution in [-0.4, -0.2) is 20.0 Å². The van der Waals surface area contributed by atoms with Crippen LogP contribution in [0.5, 0.6) is 0 Å². The van der Waals surface area contributed by atoms with Gasteiger partial charge in [0.05, 0.1) is 5.69 Å². The average Bonchev–Trinajstić information content (AvgIpc) is 2.82. The summed E-state index contributed by atoms with van der Waals surface area (Å²) in [5.74, 6) is 1.12. The number of rotatable bonds is 2. The van der Waals surface area contributed by atoms with Gasteiger partial charge in [-0.05, 0) is 18.2 Å². The smallest absolute Gasteiger partial charge is 0.177 e. The van der Waals surface area contributed by atoms with Gasteiger partial charge in [-0.15, -0.1) is 5.10 Å². The Bertz CT molecular complexity index is 708. The van der Waals surface area contributed by atoms with Crippen LogP contribution in [0.2, 0.25) is 0 Å². The second kappa shape index (κ2) is 4.81. The summed E-state index contributed by atoms with van der Waals surface area (Å²) in [6, 6.07) is 13.3. The minimum atomic E-state index is 0.520. The SMILES string of the molecule is Nc1cc(-c2ccccc2Br)nn1-c1cccnn1. The molecule has 0 unspecified atom stereocenters. The fourth-order valence-corrected chi connectivity index (χ4v) is 2.27. The molecule has 19 heavy (non-hydrogen) atoms. The molecule has 5 nitrogen and oxygen atoms in total. The number of hydrogen-bond donors (Lipinski definition) is 1. The number of aromatic nitrogens is 4. The average molecular weight is 316 g/mol.